The molecule has 0 fully saturated rings. The molecule has 0 N–H and O–H groups in total. The van der Waals surface area contributed by atoms with E-state index in [0.29, 0.717) is 22.3 Å². The summed E-state index contributed by atoms with van der Waals surface area (Å²) < 4.78 is 8.94. The maximum Gasteiger partial charge on any atom is 0.258 e. The van der Waals surface area contributed by atoms with Gasteiger partial charge < -0.3 is 4.42 Å². The minimum absolute atomic E-state index is 0.0647. The Morgan fingerprint density at radius 3 is 3.08 bits per heavy atom. The van der Waals surface area contributed by atoms with E-state index < -0.39 is 0 Å². The maximum atomic E-state index is 12.0. The molecular weight excluding hydrogens is 346 g/mol. The number of fused-ring (bicyclic) bond motifs is 1. The molecule has 0 atom stereocenters. The fourth-order valence-electron chi connectivity index (χ4n) is 2.37. The van der Waals surface area contributed by atoms with Crippen LogP contribution in [0.25, 0.3) is 16.5 Å². The standard InChI is InChI=1S/C15H13N5O2S2/c1-2-19-13(11-4-3-6-22-11)17-18-15(19)24-9-10-8-12(21)20-5-7-23-14(20)16-10/h3-8H,2,9H2,1H3. The van der Waals surface area contributed by atoms with Crippen LogP contribution in [-0.4, -0.2) is 24.1 Å². The van der Waals surface area contributed by atoms with Crippen molar-refractivity contribution in [3.8, 4) is 11.6 Å². The van der Waals surface area contributed by atoms with Gasteiger partial charge in [-0.1, -0.05) is 11.8 Å². The number of nitrogens with zero attached hydrogens (tertiary/aromatic N) is 5. The van der Waals surface area contributed by atoms with Crippen LogP contribution in [0, 0.1) is 0 Å². The Kier molecular flexibility index (Phi) is 3.95. The second-order valence-electron chi connectivity index (χ2n) is 4.96. The summed E-state index contributed by atoms with van der Waals surface area (Å²) in [6.07, 6.45) is 3.35. The molecule has 0 aliphatic carbocycles. The number of rotatable bonds is 5. The summed E-state index contributed by atoms with van der Waals surface area (Å²) in [4.78, 5) is 17.2. The fraction of sp³-hybridized carbons (Fsp3) is 0.200. The normalized spacial score (nSPS) is 11.4. The number of hydrogen-bond donors (Lipinski definition) is 0. The topological polar surface area (TPSA) is 78.2 Å². The highest BCUT2D eigenvalue weighted by molar-refractivity contribution is 7.98. The summed E-state index contributed by atoms with van der Waals surface area (Å²) in [6, 6.07) is 5.25. The summed E-state index contributed by atoms with van der Waals surface area (Å²) in [6.45, 7) is 2.76. The van der Waals surface area contributed by atoms with Crippen LogP contribution in [0.3, 0.4) is 0 Å². The van der Waals surface area contributed by atoms with E-state index in [1.807, 2.05) is 29.0 Å². The predicted octanol–water partition coefficient (Wildman–Crippen LogP) is 2.92. The fourth-order valence-corrected chi connectivity index (χ4v) is 4.00. The van der Waals surface area contributed by atoms with Crippen molar-refractivity contribution in [3.05, 3.63) is 52.1 Å². The van der Waals surface area contributed by atoms with Crippen LogP contribution in [0.1, 0.15) is 12.6 Å². The van der Waals surface area contributed by atoms with Crippen molar-refractivity contribution in [1.29, 1.82) is 0 Å². The average Bonchev–Trinajstić information content (AvgIpc) is 3.31. The molecule has 0 saturated heterocycles. The van der Waals surface area contributed by atoms with Gasteiger partial charge in [-0.2, -0.15) is 0 Å². The SMILES string of the molecule is CCn1c(SCc2cc(=O)n3ccsc3n2)nnc1-c1ccco1. The van der Waals surface area contributed by atoms with Crippen LogP contribution in [0.4, 0.5) is 0 Å². The zero-order chi connectivity index (χ0) is 16.5. The first-order valence-corrected chi connectivity index (χ1v) is 9.18. The molecule has 0 bridgehead atoms. The van der Waals surface area contributed by atoms with E-state index in [9.17, 15) is 4.79 Å². The average molecular weight is 359 g/mol. The van der Waals surface area contributed by atoms with E-state index in [2.05, 4.69) is 15.2 Å². The lowest BCUT2D eigenvalue weighted by Crippen LogP contribution is -2.12. The third-order valence-electron chi connectivity index (χ3n) is 3.48. The zero-order valence-electron chi connectivity index (χ0n) is 12.7. The molecule has 4 rings (SSSR count). The van der Waals surface area contributed by atoms with Gasteiger partial charge in [0.1, 0.15) is 0 Å². The first-order chi connectivity index (χ1) is 11.8. The molecule has 0 aromatic carbocycles. The molecule has 0 radical (unpaired) electrons. The van der Waals surface area contributed by atoms with Gasteiger partial charge in [0.25, 0.3) is 5.56 Å². The molecule has 9 heteroatoms. The van der Waals surface area contributed by atoms with Crippen molar-refractivity contribution >= 4 is 28.1 Å². The number of aromatic nitrogens is 5. The van der Waals surface area contributed by atoms with Gasteiger partial charge in [-0.05, 0) is 19.1 Å². The second-order valence-corrected chi connectivity index (χ2v) is 6.77. The van der Waals surface area contributed by atoms with Crippen molar-refractivity contribution < 1.29 is 4.42 Å². The lowest BCUT2D eigenvalue weighted by atomic mass is 10.4. The summed E-state index contributed by atoms with van der Waals surface area (Å²) in [7, 11) is 0. The highest BCUT2D eigenvalue weighted by Crippen LogP contribution is 2.26. The number of thioether (sulfide) groups is 1. The van der Waals surface area contributed by atoms with Gasteiger partial charge in [0.05, 0.1) is 12.0 Å². The molecule has 0 aliphatic rings. The van der Waals surface area contributed by atoms with Crippen molar-refractivity contribution in [2.75, 3.05) is 0 Å². The van der Waals surface area contributed by atoms with Gasteiger partial charge in [-0.15, -0.1) is 21.5 Å². The van der Waals surface area contributed by atoms with E-state index in [-0.39, 0.29) is 5.56 Å². The monoisotopic (exact) mass is 359 g/mol. The Hall–Kier alpha value is -2.39. The minimum atomic E-state index is -0.0647. The molecule has 7 nitrogen and oxygen atoms in total. The Morgan fingerprint density at radius 2 is 2.29 bits per heavy atom. The van der Waals surface area contributed by atoms with Crippen molar-refractivity contribution in [2.45, 2.75) is 24.4 Å². The van der Waals surface area contributed by atoms with E-state index in [4.69, 9.17) is 4.42 Å². The third-order valence-corrected chi connectivity index (χ3v) is 5.24. The second kappa shape index (κ2) is 6.25. The van der Waals surface area contributed by atoms with Gasteiger partial charge in [0.15, 0.2) is 21.7 Å². The van der Waals surface area contributed by atoms with Crippen LogP contribution < -0.4 is 5.56 Å². The highest BCUT2D eigenvalue weighted by Gasteiger charge is 2.15. The molecule has 4 aromatic heterocycles. The Morgan fingerprint density at radius 1 is 1.38 bits per heavy atom. The smallest absolute Gasteiger partial charge is 0.258 e. The van der Waals surface area contributed by atoms with Crippen LogP contribution in [-0.2, 0) is 12.3 Å². The van der Waals surface area contributed by atoms with Crippen LogP contribution in [0.2, 0.25) is 0 Å². The predicted molar refractivity (Wildman–Crippen MR) is 92.3 cm³/mol. The number of furan rings is 1. The van der Waals surface area contributed by atoms with Crippen LogP contribution >= 0.6 is 23.1 Å². The maximum absolute atomic E-state index is 12.0. The summed E-state index contributed by atoms with van der Waals surface area (Å²) in [5, 5.41) is 11.1. The molecule has 4 heterocycles. The summed E-state index contributed by atoms with van der Waals surface area (Å²) >= 11 is 2.95. The zero-order valence-corrected chi connectivity index (χ0v) is 14.4. The third kappa shape index (κ3) is 2.65. The molecule has 4 aromatic rings. The Bertz CT molecular complexity index is 1030. The Labute approximate surface area is 145 Å². The van der Waals surface area contributed by atoms with Gasteiger partial charge in [-0.25, -0.2) is 4.98 Å². The molecule has 0 saturated carbocycles. The van der Waals surface area contributed by atoms with Gasteiger partial charge in [-0.3, -0.25) is 13.8 Å². The number of hydrogen-bond acceptors (Lipinski definition) is 7. The van der Waals surface area contributed by atoms with E-state index in [1.165, 1.54) is 23.1 Å². The lowest BCUT2D eigenvalue weighted by molar-refractivity contribution is 0.567. The highest BCUT2D eigenvalue weighted by atomic mass is 32.2. The lowest BCUT2D eigenvalue weighted by Gasteiger charge is -2.05. The molecule has 0 spiro atoms. The first-order valence-electron chi connectivity index (χ1n) is 7.32. The Balaban J connectivity index is 1.60. The van der Waals surface area contributed by atoms with Gasteiger partial charge >= 0.3 is 0 Å². The molecule has 0 unspecified atom stereocenters. The van der Waals surface area contributed by atoms with Crippen molar-refractivity contribution in [2.24, 2.45) is 0 Å². The van der Waals surface area contributed by atoms with Crippen molar-refractivity contribution in [3.63, 3.8) is 0 Å². The molecule has 122 valence electrons. The number of thiazole rings is 1. The first kappa shape index (κ1) is 15.2. The van der Waals surface area contributed by atoms with E-state index >= 15 is 0 Å². The van der Waals surface area contributed by atoms with Crippen molar-refractivity contribution in [1.82, 2.24) is 24.1 Å². The van der Waals surface area contributed by atoms with E-state index in [1.54, 1.807) is 22.9 Å². The molecule has 0 amide bonds. The van der Waals surface area contributed by atoms with Crippen LogP contribution in [0.15, 0.2) is 50.4 Å². The molecular formula is C15H13N5O2S2. The largest absolute Gasteiger partial charge is 0.461 e. The quantitative estimate of drug-likeness (QED) is 0.510. The van der Waals surface area contributed by atoms with Gasteiger partial charge in [0, 0.05) is 29.9 Å². The summed E-state index contributed by atoms with van der Waals surface area (Å²) in [5.74, 6) is 1.94. The van der Waals surface area contributed by atoms with E-state index in [0.717, 1.165) is 17.4 Å². The molecule has 0 aliphatic heterocycles. The summed E-state index contributed by atoms with van der Waals surface area (Å²) in [5.41, 5.74) is 0.669. The molecule has 24 heavy (non-hydrogen) atoms. The van der Waals surface area contributed by atoms with Crippen LogP contribution in [0.5, 0.6) is 0 Å². The minimum Gasteiger partial charge on any atom is -0.461 e. The van der Waals surface area contributed by atoms with Gasteiger partial charge in [0.2, 0.25) is 0 Å².